The van der Waals surface area contributed by atoms with E-state index in [1.807, 2.05) is 0 Å². The van der Waals surface area contributed by atoms with Gasteiger partial charge in [0.1, 0.15) is 0 Å². The zero-order valence-electron chi connectivity index (χ0n) is 13.3. The highest BCUT2D eigenvalue weighted by Crippen LogP contribution is 2.25. The van der Waals surface area contributed by atoms with E-state index in [0.29, 0.717) is 31.6 Å². The van der Waals surface area contributed by atoms with Gasteiger partial charge in [-0.15, -0.1) is 0 Å². The lowest BCUT2D eigenvalue weighted by Crippen LogP contribution is -2.19. The fourth-order valence-corrected chi connectivity index (χ4v) is 2.69. The fraction of sp³-hybridized carbons (Fsp3) is 0.556. The minimum atomic E-state index is -0.894. The van der Waals surface area contributed by atoms with Gasteiger partial charge in [-0.05, 0) is 49.8 Å². The summed E-state index contributed by atoms with van der Waals surface area (Å²) in [5.74, 6) is -1.72. The molecule has 0 fully saturated rings. The third-order valence-electron chi connectivity index (χ3n) is 3.91. The van der Waals surface area contributed by atoms with Gasteiger partial charge < -0.3 is 9.47 Å². The largest absolute Gasteiger partial charge is 0.491 e. The molecule has 2 nitrogen and oxygen atoms in total. The van der Waals surface area contributed by atoms with E-state index in [-0.39, 0.29) is 11.9 Å². The Balaban J connectivity index is 1.91. The maximum Gasteiger partial charge on any atom is 0.200 e. The zero-order valence-corrected chi connectivity index (χ0v) is 13.3. The van der Waals surface area contributed by atoms with E-state index in [1.165, 1.54) is 11.6 Å². The summed E-state index contributed by atoms with van der Waals surface area (Å²) >= 11 is 0. The minimum absolute atomic E-state index is 0.0233. The molecule has 0 aliphatic carbocycles. The summed E-state index contributed by atoms with van der Waals surface area (Å²) < 4.78 is 38.6. The average Bonchev–Trinajstić information content (AvgIpc) is 2.53. The van der Waals surface area contributed by atoms with E-state index in [0.717, 1.165) is 19.3 Å². The second-order valence-electron chi connectivity index (χ2n) is 5.60. The van der Waals surface area contributed by atoms with Gasteiger partial charge in [0.15, 0.2) is 11.6 Å². The Kier molecular flexibility index (Phi) is 6.37. The minimum Gasteiger partial charge on any atom is -0.491 e. The van der Waals surface area contributed by atoms with Gasteiger partial charge in [-0.25, -0.2) is 4.39 Å². The molecule has 0 aromatic heterocycles. The summed E-state index contributed by atoms with van der Waals surface area (Å²) in [6.07, 6.45) is 6.54. The standard InChI is InChI=1S/C18H24F2O2/c1-3-5-13-6-9-15(22-12-13)10-7-14-8-11-16(21-4-2)18(20)17(14)19/h6,8,11,15H,3-5,7,9-10,12H2,1-2H3. The topological polar surface area (TPSA) is 18.5 Å². The quantitative estimate of drug-likeness (QED) is 0.673. The number of aryl methyl sites for hydroxylation is 1. The van der Waals surface area contributed by atoms with Gasteiger partial charge in [-0.1, -0.05) is 25.5 Å². The van der Waals surface area contributed by atoms with Crippen LogP contribution in [-0.4, -0.2) is 19.3 Å². The molecule has 122 valence electrons. The molecule has 1 aromatic rings. The van der Waals surface area contributed by atoms with Crippen LogP contribution in [0.3, 0.4) is 0 Å². The van der Waals surface area contributed by atoms with Crippen molar-refractivity contribution in [1.29, 1.82) is 0 Å². The first kappa shape index (κ1) is 16.9. The van der Waals surface area contributed by atoms with Crippen molar-refractivity contribution in [3.05, 3.63) is 41.0 Å². The van der Waals surface area contributed by atoms with Crippen molar-refractivity contribution in [2.24, 2.45) is 0 Å². The maximum absolute atomic E-state index is 14.0. The van der Waals surface area contributed by atoms with E-state index in [9.17, 15) is 8.78 Å². The van der Waals surface area contributed by atoms with E-state index in [2.05, 4.69) is 13.0 Å². The molecule has 0 spiro atoms. The summed E-state index contributed by atoms with van der Waals surface area (Å²) in [4.78, 5) is 0. The molecule has 0 saturated carbocycles. The van der Waals surface area contributed by atoms with Crippen LogP contribution in [0.4, 0.5) is 8.78 Å². The van der Waals surface area contributed by atoms with E-state index in [4.69, 9.17) is 9.47 Å². The smallest absolute Gasteiger partial charge is 0.200 e. The molecule has 0 N–H and O–H groups in total. The first-order valence-corrected chi connectivity index (χ1v) is 8.04. The number of benzene rings is 1. The van der Waals surface area contributed by atoms with Crippen LogP contribution < -0.4 is 4.74 Å². The van der Waals surface area contributed by atoms with E-state index >= 15 is 0 Å². The molecule has 0 saturated heterocycles. The molecule has 1 heterocycles. The second kappa shape index (κ2) is 8.28. The second-order valence-corrected chi connectivity index (χ2v) is 5.60. The van der Waals surface area contributed by atoms with E-state index in [1.54, 1.807) is 13.0 Å². The van der Waals surface area contributed by atoms with Crippen molar-refractivity contribution in [3.63, 3.8) is 0 Å². The zero-order chi connectivity index (χ0) is 15.9. The number of hydrogen-bond acceptors (Lipinski definition) is 2. The van der Waals surface area contributed by atoms with Gasteiger partial charge in [-0.2, -0.15) is 4.39 Å². The van der Waals surface area contributed by atoms with Gasteiger partial charge in [-0.3, -0.25) is 0 Å². The van der Waals surface area contributed by atoms with Gasteiger partial charge in [0.05, 0.1) is 19.3 Å². The van der Waals surface area contributed by atoms with Crippen LogP contribution in [0.2, 0.25) is 0 Å². The Hall–Kier alpha value is -1.42. The predicted molar refractivity (Wildman–Crippen MR) is 83.2 cm³/mol. The Labute approximate surface area is 131 Å². The van der Waals surface area contributed by atoms with Crippen molar-refractivity contribution < 1.29 is 18.3 Å². The maximum atomic E-state index is 14.0. The van der Waals surface area contributed by atoms with Crippen molar-refractivity contribution in [1.82, 2.24) is 0 Å². The number of halogens is 2. The molecule has 1 aliphatic rings. The monoisotopic (exact) mass is 310 g/mol. The van der Waals surface area contributed by atoms with Crippen LogP contribution in [0.1, 0.15) is 45.1 Å². The highest BCUT2D eigenvalue weighted by atomic mass is 19.2. The van der Waals surface area contributed by atoms with Crippen LogP contribution in [0, 0.1) is 11.6 Å². The highest BCUT2D eigenvalue weighted by Gasteiger charge is 2.18. The molecule has 1 atom stereocenters. The lowest BCUT2D eigenvalue weighted by atomic mass is 10.00. The Morgan fingerprint density at radius 3 is 2.64 bits per heavy atom. The van der Waals surface area contributed by atoms with Gasteiger partial charge in [0.2, 0.25) is 5.82 Å². The third-order valence-corrected chi connectivity index (χ3v) is 3.91. The Morgan fingerprint density at radius 1 is 1.18 bits per heavy atom. The van der Waals surface area contributed by atoms with Crippen LogP contribution in [0.15, 0.2) is 23.8 Å². The summed E-state index contributed by atoms with van der Waals surface area (Å²) in [5, 5.41) is 0. The molecule has 2 rings (SSSR count). The first-order valence-electron chi connectivity index (χ1n) is 8.04. The lowest BCUT2D eigenvalue weighted by molar-refractivity contribution is 0.0544. The molecule has 1 aliphatic heterocycles. The normalized spacial score (nSPS) is 18.2. The van der Waals surface area contributed by atoms with Crippen LogP contribution >= 0.6 is 0 Å². The van der Waals surface area contributed by atoms with Crippen molar-refractivity contribution in [2.75, 3.05) is 13.2 Å². The van der Waals surface area contributed by atoms with Crippen molar-refractivity contribution in [3.8, 4) is 5.75 Å². The van der Waals surface area contributed by atoms with E-state index < -0.39 is 11.6 Å². The fourth-order valence-electron chi connectivity index (χ4n) is 2.69. The number of hydrogen-bond donors (Lipinski definition) is 0. The van der Waals surface area contributed by atoms with Crippen LogP contribution in [0.5, 0.6) is 5.75 Å². The average molecular weight is 310 g/mol. The summed E-state index contributed by atoms with van der Waals surface area (Å²) in [6.45, 7) is 4.87. The molecular weight excluding hydrogens is 286 g/mol. The third kappa shape index (κ3) is 4.29. The summed E-state index contributed by atoms with van der Waals surface area (Å²) in [7, 11) is 0. The summed E-state index contributed by atoms with van der Waals surface area (Å²) in [6, 6.07) is 3.10. The lowest BCUT2D eigenvalue weighted by Gasteiger charge is -2.23. The van der Waals surface area contributed by atoms with Crippen molar-refractivity contribution in [2.45, 2.75) is 52.1 Å². The molecule has 0 amide bonds. The van der Waals surface area contributed by atoms with Crippen molar-refractivity contribution >= 4 is 0 Å². The SMILES string of the molecule is CCCC1=CCC(CCc2ccc(OCC)c(F)c2F)OC1. The molecule has 0 radical (unpaired) electrons. The van der Waals surface area contributed by atoms with Crippen LogP contribution in [-0.2, 0) is 11.2 Å². The molecular formula is C18H24F2O2. The predicted octanol–water partition coefficient (Wildman–Crippen LogP) is 4.81. The van der Waals surface area contributed by atoms with Gasteiger partial charge in [0, 0.05) is 0 Å². The number of ether oxygens (including phenoxy) is 2. The molecule has 1 unspecified atom stereocenters. The first-order chi connectivity index (χ1) is 10.7. The Morgan fingerprint density at radius 2 is 2.00 bits per heavy atom. The number of rotatable bonds is 7. The molecule has 0 bridgehead atoms. The van der Waals surface area contributed by atoms with Gasteiger partial charge >= 0.3 is 0 Å². The highest BCUT2D eigenvalue weighted by molar-refractivity contribution is 5.31. The summed E-state index contributed by atoms with van der Waals surface area (Å²) in [5.41, 5.74) is 1.73. The molecule has 22 heavy (non-hydrogen) atoms. The molecule has 1 aromatic carbocycles. The van der Waals surface area contributed by atoms with Gasteiger partial charge in [0.25, 0.3) is 0 Å². The Bertz CT molecular complexity index is 526. The molecule has 4 heteroatoms. The van der Waals surface area contributed by atoms with Crippen LogP contribution in [0.25, 0.3) is 0 Å².